The van der Waals surface area contributed by atoms with E-state index < -0.39 is 10.8 Å². The molecule has 96 valence electrons. The second-order valence-corrected chi connectivity index (χ2v) is 5.22. The first-order valence-corrected chi connectivity index (χ1v) is 6.29. The SMILES string of the molecule is CC1=CC(=C(C#N)C#N)C23C=CC2(C=C3)C1=C(C#N)C#N. The number of allylic oxidation sites excluding steroid dienone is 10. The van der Waals surface area contributed by atoms with Crippen molar-refractivity contribution in [2.75, 3.05) is 0 Å². The van der Waals surface area contributed by atoms with E-state index in [1.165, 1.54) is 0 Å². The van der Waals surface area contributed by atoms with Crippen LogP contribution >= 0.6 is 0 Å². The molecule has 0 N–H and O–H groups in total. The van der Waals surface area contributed by atoms with Crippen molar-refractivity contribution in [3.63, 3.8) is 0 Å². The summed E-state index contributed by atoms with van der Waals surface area (Å²) in [5.74, 6) is 0. The zero-order valence-electron chi connectivity index (χ0n) is 11.2. The molecule has 0 aromatic carbocycles. The van der Waals surface area contributed by atoms with Crippen LogP contribution in [0, 0.1) is 56.2 Å². The Morgan fingerprint density at radius 2 is 1.29 bits per heavy atom. The van der Waals surface area contributed by atoms with Crippen molar-refractivity contribution in [2.45, 2.75) is 6.92 Å². The average molecular weight is 268 g/mol. The molecule has 0 bridgehead atoms. The number of nitrogens with zero attached hydrogens (tertiary/aromatic N) is 4. The van der Waals surface area contributed by atoms with Gasteiger partial charge >= 0.3 is 0 Å². The molecule has 0 aliphatic heterocycles. The van der Waals surface area contributed by atoms with Gasteiger partial charge in [0.15, 0.2) is 0 Å². The second kappa shape index (κ2) is 3.83. The molecular weight excluding hydrogens is 260 g/mol. The zero-order chi connectivity index (χ0) is 15.3. The topological polar surface area (TPSA) is 95.2 Å². The van der Waals surface area contributed by atoms with E-state index in [1.54, 1.807) is 13.0 Å². The lowest BCUT2D eigenvalue weighted by Crippen LogP contribution is -2.54. The molecule has 0 saturated heterocycles. The van der Waals surface area contributed by atoms with Gasteiger partial charge in [-0.05, 0) is 23.6 Å². The van der Waals surface area contributed by atoms with E-state index in [0.29, 0.717) is 11.1 Å². The zero-order valence-corrected chi connectivity index (χ0v) is 11.2. The van der Waals surface area contributed by atoms with Crippen LogP contribution < -0.4 is 0 Å². The molecule has 3 rings (SSSR count). The minimum Gasteiger partial charge on any atom is -0.192 e. The number of hydrogen-bond acceptors (Lipinski definition) is 4. The molecule has 0 spiro atoms. The van der Waals surface area contributed by atoms with Crippen LogP contribution in [0.3, 0.4) is 0 Å². The highest BCUT2D eigenvalue weighted by Crippen LogP contribution is 2.71. The summed E-state index contributed by atoms with van der Waals surface area (Å²) in [6.45, 7) is 1.80. The fraction of sp³-hybridized carbons (Fsp3) is 0.176. The van der Waals surface area contributed by atoms with E-state index in [-0.39, 0.29) is 11.1 Å². The van der Waals surface area contributed by atoms with Gasteiger partial charge in [0.25, 0.3) is 0 Å². The molecule has 4 nitrogen and oxygen atoms in total. The molecule has 21 heavy (non-hydrogen) atoms. The summed E-state index contributed by atoms with van der Waals surface area (Å²) >= 11 is 0. The molecule has 0 fully saturated rings. The first-order valence-electron chi connectivity index (χ1n) is 6.29. The van der Waals surface area contributed by atoms with Crippen LogP contribution in [0.2, 0.25) is 0 Å². The van der Waals surface area contributed by atoms with Crippen molar-refractivity contribution in [3.8, 4) is 24.3 Å². The summed E-state index contributed by atoms with van der Waals surface area (Å²) in [5.41, 5.74) is 1.11. The minimum absolute atomic E-state index is 0.0712. The molecule has 0 unspecified atom stereocenters. The monoisotopic (exact) mass is 268 g/mol. The molecule has 3 aliphatic carbocycles. The van der Waals surface area contributed by atoms with Gasteiger partial charge < -0.3 is 0 Å². The Bertz CT molecular complexity index is 846. The summed E-state index contributed by atoms with van der Waals surface area (Å²) < 4.78 is 0. The van der Waals surface area contributed by atoms with Gasteiger partial charge in [-0.25, -0.2) is 0 Å². The molecule has 0 radical (unpaired) electrons. The van der Waals surface area contributed by atoms with Gasteiger partial charge in [-0.2, -0.15) is 21.0 Å². The van der Waals surface area contributed by atoms with E-state index in [0.717, 1.165) is 5.57 Å². The van der Waals surface area contributed by atoms with Crippen LogP contribution in [0.4, 0.5) is 0 Å². The van der Waals surface area contributed by atoms with Crippen molar-refractivity contribution in [1.29, 1.82) is 21.0 Å². The maximum Gasteiger partial charge on any atom is 0.134 e. The summed E-state index contributed by atoms with van der Waals surface area (Å²) in [6.07, 6.45) is 9.45. The lowest BCUT2D eigenvalue weighted by Gasteiger charge is -2.61. The third-order valence-corrected chi connectivity index (χ3v) is 4.48. The smallest absolute Gasteiger partial charge is 0.134 e. The largest absolute Gasteiger partial charge is 0.192 e. The molecule has 3 aliphatic rings. The van der Waals surface area contributed by atoms with Crippen LogP contribution in [0.5, 0.6) is 0 Å². The molecule has 0 heterocycles. The molecular formula is C17H8N4. The molecule has 0 aromatic heterocycles. The Kier molecular flexibility index (Phi) is 2.31. The minimum atomic E-state index is -0.555. The van der Waals surface area contributed by atoms with Crippen molar-refractivity contribution in [1.82, 2.24) is 0 Å². The highest BCUT2D eigenvalue weighted by atomic mass is 14.6. The fourth-order valence-electron chi connectivity index (χ4n) is 3.47. The number of rotatable bonds is 0. The Balaban J connectivity index is 2.41. The molecule has 4 heteroatoms. The Labute approximate surface area is 122 Å². The second-order valence-electron chi connectivity index (χ2n) is 5.22. The first kappa shape index (κ1) is 12.7. The van der Waals surface area contributed by atoms with E-state index >= 15 is 0 Å². The van der Waals surface area contributed by atoms with Gasteiger partial charge in [-0.3, -0.25) is 0 Å². The summed E-state index contributed by atoms with van der Waals surface area (Å²) in [6, 6.07) is 7.77. The fourth-order valence-corrected chi connectivity index (χ4v) is 3.47. The summed E-state index contributed by atoms with van der Waals surface area (Å²) in [5, 5.41) is 36.7. The highest BCUT2D eigenvalue weighted by molar-refractivity contribution is 5.75. The van der Waals surface area contributed by atoms with Crippen molar-refractivity contribution in [3.05, 3.63) is 58.2 Å². The summed E-state index contributed by atoms with van der Waals surface area (Å²) in [4.78, 5) is 0. The van der Waals surface area contributed by atoms with Gasteiger partial charge in [0.05, 0.1) is 10.8 Å². The lowest BCUT2D eigenvalue weighted by atomic mass is 9.40. The maximum absolute atomic E-state index is 9.19. The predicted molar refractivity (Wildman–Crippen MR) is 73.4 cm³/mol. The molecule has 0 atom stereocenters. The Morgan fingerprint density at radius 3 is 1.67 bits per heavy atom. The van der Waals surface area contributed by atoms with Gasteiger partial charge in [0.2, 0.25) is 0 Å². The molecule has 0 saturated carbocycles. The van der Waals surface area contributed by atoms with Crippen LogP contribution in [0.25, 0.3) is 0 Å². The lowest BCUT2D eigenvalue weighted by molar-refractivity contribution is 0.267. The van der Waals surface area contributed by atoms with Crippen LogP contribution in [0.15, 0.2) is 58.2 Å². The third-order valence-electron chi connectivity index (χ3n) is 4.48. The molecule has 0 amide bonds. The van der Waals surface area contributed by atoms with Gasteiger partial charge in [-0.1, -0.05) is 30.4 Å². The van der Waals surface area contributed by atoms with Crippen LogP contribution in [0.1, 0.15) is 6.92 Å². The third kappa shape index (κ3) is 1.16. The van der Waals surface area contributed by atoms with E-state index in [1.807, 2.05) is 48.6 Å². The van der Waals surface area contributed by atoms with Crippen LogP contribution in [-0.2, 0) is 0 Å². The number of nitriles is 4. The van der Waals surface area contributed by atoms with Crippen molar-refractivity contribution in [2.24, 2.45) is 10.8 Å². The van der Waals surface area contributed by atoms with E-state index in [9.17, 15) is 10.5 Å². The van der Waals surface area contributed by atoms with E-state index in [2.05, 4.69) is 0 Å². The Hall–Kier alpha value is -3.34. The van der Waals surface area contributed by atoms with Crippen LogP contribution in [-0.4, -0.2) is 0 Å². The Morgan fingerprint density at radius 1 is 0.810 bits per heavy atom. The van der Waals surface area contributed by atoms with Gasteiger partial charge in [0, 0.05) is 0 Å². The highest BCUT2D eigenvalue weighted by Gasteiger charge is 2.63. The number of hydrogen-bond donors (Lipinski definition) is 0. The average Bonchev–Trinajstić information content (AvgIpc) is 2.48. The van der Waals surface area contributed by atoms with Gasteiger partial charge in [-0.15, -0.1) is 0 Å². The van der Waals surface area contributed by atoms with E-state index in [4.69, 9.17) is 10.5 Å². The quantitative estimate of drug-likeness (QED) is 0.498. The normalized spacial score (nSPS) is 30.0. The summed E-state index contributed by atoms with van der Waals surface area (Å²) in [7, 11) is 0. The maximum atomic E-state index is 9.19. The van der Waals surface area contributed by atoms with Crippen molar-refractivity contribution < 1.29 is 0 Å². The standard InChI is InChI=1S/C17H8N4/c1-11-6-14(12(7-18)8-19)16-2-4-17(16,5-3-16)15(11)13(9-20)10-21/h2-6H,1H3. The van der Waals surface area contributed by atoms with Gasteiger partial charge in [0.1, 0.15) is 35.4 Å². The first-order chi connectivity index (χ1) is 10.1. The molecule has 0 aromatic rings. The predicted octanol–water partition coefficient (Wildman–Crippen LogP) is 2.75. The van der Waals surface area contributed by atoms with Crippen molar-refractivity contribution >= 4 is 0 Å².